The lowest BCUT2D eigenvalue weighted by molar-refractivity contribution is -0.385. The van der Waals surface area contributed by atoms with Gasteiger partial charge >= 0.3 is 0 Å². The Hall–Kier alpha value is -2.80. The second-order valence-corrected chi connectivity index (χ2v) is 6.24. The molecule has 2 atom stereocenters. The number of likely N-dealkylation sites (tertiary alicyclic amines) is 1. The molecule has 1 aliphatic rings. The summed E-state index contributed by atoms with van der Waals surface area (Å²) in [5.41, 5.74) is 0.429. The average Bonchev–Trinajstić information content (AvgIpc) is 2.95. The van der Waals surface area contributed by atoms with Gasteiger partial charge in [0.25, 0.3) is 11.6 Å². The van der Waals surface area contributed by atoms with E-state index in [2.05, 4.69) is 10.2 Å². The van der Waals surface area contributed by atoms with Crippen LogP contribution in [0.3, 0.4) is 0 Å². The van der Waals surface area contributed by atoms with Crippen molar-refractivity contribution < 1.29 is 14.1 Å². The van der Waals surface area contributed by atoms with Crippen LogP contribution in [0.2, 0.25) is 0 Å². The van der Waals surface area contributed by atoms with Crippen molar-refractivity contribution in [2.24, 2.45) is 0 Å². The molecule has 0 aromatic heterocycles. The number of rotatable bonds is 4. The van der Waals surface area contributed by atoms with Crippen molar-refractivity contribution in [3.8, 4) is 0 Å². The molecule has 1 fully saturated rings. The van der Waals surface area contributed by atoms with Gasteiger partial charge in [-0.15, -0.1) is 0 Å². The molecular formula is C18H18FN3O3. The van der Waals surface area contributed by atoms with Crippen LogP contribution in [0.15, 0.2) is 48.5 Å². The molecule has 3 rings (SSSR count). The van der Waals surface area contributed by atoms with E-state index >= 15 is 0 Å². The minimum absolute atomic E-state index is 0.0720. The molecular weight excluding hydrogens is 325 g/mol. The third-order valence-corrected chi connectivity index (χ3v) is 4.45. The molecule has 0 saturated carbocycles. The van der Waals surface area contributed by atoms with Crippen LogP contribution in [0.25, 0.3) is 0 Å². The van der Waals surface area contributed by atoms with Gasteiger partial charge < -0.3 is 10.2 Å². The van der Waals surface area contributed by atoms with Crippen molar-refractivity contribution in [2.75, 3.05) is 20.1 Å². The smallest absolute Gasteiger partial charge is 0.282 e. The van der Waals surface area contributed by atoms with Crippen LogP contribution in [-0.4, -0.2) is 41.9 Å². The van der Waals surface area contributed by atoms with E-state index in [1.54, 1.807) is 0 Å². The first-order valence-corrected chi connectivity index (χ1v) is 7.94. The molecule has 1 aliphatic heterocycles. The molecule has 7 heteroatoms. The zero-order valence-corrected chi connectivity index (χ0v) is 13.7. The van der Waals surface area contributed by atoms with Crippen molar-refractivity contribution in [3.63, 3.8) is 0 Å². The highest BCUT2D eigenvalue weighted by atomic mass is 19.1. The Morgan fingerprint density at radius 3 is 2.64 bits per heavy atom. The van der Waals surface area contributed by atoms with Gasteiger partial charge in [-0.3, -0.25) is 14.9 Å². The average molecular weight is 343 g/mol. The number of nitrogens with one attached hydrogen (secondary N) is 1. The largest absolute Gasteiger partial charge is 0.347 e. The third-order valence-electron chi connectivity index (χ3n) is 4.45. The Kier molecular flexibility index (Phi) is 4.76. The second kappa shape index (κ2) is 6.98. The second-order valence-electron chi connectivity index (χ2n) is 6.24. The first-order chi connectivity index (χ1) is 12.0. The van der Waals surface area contributed by atoms with Crippen LogP contribution < -0.4 is 5.32 Å². The molecule has 6 nitrogen and oxygen atoms in total. The van der Waals surface area contributed by atoms with E-state index in [1.165, 1.54) is 0 Å². The summed E-state index contributed by atoms with van der Waals surface area (Å²) in [7, 11) is 1.95. The molecule has 1 heterocycles. The lowest BCUT2D eigenvalue weighted by atomic mass is 9.94. The number of nitro groups is 1. The highest BCUT2D eigenvalue weighted by molar-refractivity contribution is 5.98. The first-order valence-electron chi connectivity index (χ1n) is 7.94. The first kappa shape index (κ1) is 17.0. The van der Waals surface area contributed by atoms with Crippen molar-refractivity contribution in [1.29, 1.82) is 0 Å². The van der Waals surface area contributed by atoms with Gasteiger partial charge in [0.2, 0.25) is 0 Å². The van der Waals surface area contributed by atoms with Gasteiger partial charge in [0.05, 0.1) is 4.92 Å². The molecule has 25 heavy (non-hydrogen) atoms. The van der Waals surface area contributed by atoms with Crippen LogP contribution in [-0.2, 0) is 0 Å². The molecule has 0 spiro atoms. The van der Waals surface area contributed by atoms with E-state index in [1.807, 2.05) is 37.4 Å². The molecule has 1 N–H and O–H groups in total. The van der Waals surface area contributed by atoms with Gasteiger partial charge in [0, 0.05) is 31.1 Å². The van der Waals surface area contributed by atoms with Crippen LogP contribution in [0.1, 0.15) is 21.8 Å². The summed E-state index contributed by atoms with van der Waals surface area (Å²) in [6.45, 7) is 1.38. The number of halogens is 1. The highest BCUT2D eigenvalue weighted by Crippen LogP contribution is 2.28. The summed E-state index contributed by atoms with van der Waals surface area (Å²) in [6.07, 6.45) is 0. The van der Waals surface area contributed by atoms with Gasteiger partial charge in [0.15, 0.2) is 0 Å². The van der Waals surface area contributed by atoms with Gasteiger partial charge in [-0.1, -0.05) is 30.3 Å². The molecule has 130 valence electrons. The fourth-order valence-corrected chi connectivity index (χ4v) is 3.28. The Labute approximate surface area is 144 Å². The van der Waals surface area contributed by atoms with Crippen LogP contribution in [0.4, 0.5) is 10.1 Å². The Morgan fingerprint density at radius 1 is 1.24 bits per heavy atom. The summed E-state index contributed by atoms with van der Waals surface area (Å²) in [4.78, 5) is 25.1. The lowest BCUT2D eigenvalue weighted by Crippen LogP contribution is -2.39. The molecule has 1 amide bonds. The SMILES string of the molecule is CN1C[C@H](NC(=O)c2cc(F)ccc2[N+](=O)[O-])[C@@H](c2ccccc2)C1. The van der Waals surface area contributed by atoms with E-state index in [4.69, 9.17) is 0 Å². The fraction of sp³-hybridized carbons (Fsp3) is 0.278. The normalized spacial score (nSPS) is 20.4. The quantitative estimate of drug-likeness (QED) is 0.684. The van der Waals surface area contributed by atoms with Crippen LogP contribution in [0, 0.1) is 15.9 Å². The number of nitro benzene ring substituents is 1. The van der Waals surface area contributed by atoms with Crippen LogP contribution >= 0.6 is 0 Å². The maximum atomic E-state index is 13.5. The Bertz CT molecular complexity index is 797. The summed E-state index contributed by atoms with van der Waals surface area (Å²) >= 11 is 0. The Morgan fingerprint density at radius 2 is 1.96 bits per heavy atom. The number of hydrogen-bond acceptors (Lipinski definition) is 4. The minimum Gasteiger partial charge on any atom is -0.347 e. The lowest BCUT2D eigenvalue weighted by Gasteiger charge is -2.20. The molecule has 2 aromatic carbocycles. The number of carbonyl (C=O) groups excluding carboxylic acids is 1. The highest BCUT2D eigenvalue weighted by Gasteiger charge is 2.34. The molecule has 0 unspecified atom stereocenters. The minimum atomic E-state index is -0.682. The maximum absolute atomic E-state index is 13.5. The molecule has 0 radical (unpaired) electrons. The summed E-state index contributed by atoms with van der Waals surface area (Å²) in [5, 5.41) is 14.0. The van der Waals surface area contributed by atoms with Gasteiger partial charge in [-0.25, -0.2) is 4.39 Å². The zero-order chi connectivity index (χ0) is 18.0. The predicted molar refractivity (Wildman–Crippen MR) is 91.0 cm³/mol. The molecule has 0 bridgehead atoms. The van der Waals surface area contributed by atoms with Gasteiger partial charge in [-0.2, -0.15) is 0 Å². The number of hydrogen-bond donors (Lipinski definition) is 1. The summed E-state index contributed by atoms with van der Waals surface area (Å²) < 4.78 is 13.5. The standard InChI is InChI=1S/C18H18FN3O3/c1-21-10-15(12-5-3-2-4-6-12)16(11-21)20-18(23)14-9-13(19)7-8-17(14)22(24)25/h2-9,15-16H,10-11H2,1H3,(H,20,23)/t15-,16+/m1/s1. The van der Waals surface area contributed by atoms with Crippen molar-refractivity contribution in [2.45, 2.75) is 12.0 Å². The summed E-state index contributed by atoms with van der Waals surface area (Å²) in [6, 6.07) is 12.5. The van der Waals surface area contributed by atoms with Crippen LogP contribution in [0.5, 0.6) is 0 Å². The van der Waals surface area contributed by atoms with E-state index in [0.29, 0.717) is 6.54 Å². The van der Waals surface area contributed by atoms with Gasteiger partial charge in [0.1, 0.15) is 11.4 Å². The fourth-order valence-electron chi connectivity index (χ4n) is 3.28. The topological polar surface area (TPSA) is 75.5 Å². The number of amides is 1. The third kappa shape index (κ3) is 3.66. The molecule has 1 saturated heterocycles. The predicted octanol–water partition coefficient (Wildman–Crippen LogP) is 2.56. The van der Waals surface area contributed by atoms with Crippen molar-refractivity contribution in [3.05, 3.63) is 75.6 Å². The number of nitrogens with zero attached hydrogens (tertiary/aromatic N) is 2. The molecule has 0 aliphatic carbocycles. The zero-order valence-electron chi connectivity index (χ0n) is 13.7. The van der Waals surface area contributed by atoms with E-state index < -0.39 is 22.3 Å². The van der Waals surface area contributed by atoms with E-state index in [-0.39, 0.29) is 17.5 Å². The number of benzene rings is 2. The Balaban J connectivity index is 1.85. The monoisotopic (exact) mass is 343 g/mol. The summed E-state index contributed by atoms with van der Waals surface area (Å²) in [5.74, 6) is -1.24. The number of carbonyl (C=O) groups is 1. The van der Waals surface area contributed by atoms with Crippen molar-refractivity contribution in [1.82, 2.24) is 10.2 Å². The maximum Gasteiger partial charge on any atom is 0.282 e. The van der Waals surface area contributed by atoms with Gasteiger partial charge in [-0.05, 0) is 24.7 Å². The van der Waals surface area contributed by atoms with Crippen molar-refractivity contribution >= 4 is 11.6 Å². The number of likely N-dealkylation sites (N-methyl/N-ethyl adjacent to an activating group) is 1. The van der Waals surface area contributed by atoms with E-state index in [9.17, 15) is 19.3 Å². The van der Waals surface area contributed by atoms with E-state index in [0.717, 1.165) is 30.3 Å². The molecule has 2 aromatic rings.